The molecule has 0 saturated heterocycles. The van der Waals surface area contributed by atoms with Crippen LogP contribution in [0.25, 0.3) is 0 Å². The molecule has 0 aromatic carbocycles. The Balaban J connectivity index is 2.86. The van der Waals surface area contributed by atoms with Crippen LogP contribution >= 0.6 is 11.8 Å². The summed E-state index contributed by atoms with van der Waals surface area (Å²) in [5, 5.41) is 0. The number of hydrogen-bond donors (Lipinski definition) is 0. The topological polar surface area (TPSA) is 9.23 Å². The van der Waals surface area contributed by atoms with E-state index in [9.17, 15) is 0 Å². The minimum Gasteiger partial charge on any atom is -0.425 e. The largest absolute Gasteiger partial charge is 0.425 e. The molecule has 0 bridgehead atoms. The maximum Gasteiger partial charge on any atom is 0.146 e. The predicted octanol–water partition coefficient (Wildman–Crippen LogP) is 0.425. The van der Waals surface area contributed by atoms with Crippen molar-refractivity contribution in [1.29, 1.82) is 0 Å². The molecule has 0 spiro atoms. The van der Waals surface area contributed by atoms with Crippen molar-refractivity contribution in [2.45, 2.75) is 19.4 Å². The average molecular weight is 150 g/mol. The van der Waals surface area contributed by atoms with E-state index in [-0.39, 0.29) is 0 Å². The lowest BCUT2D eigenvalue weighted by molar-refractivity contribution is 0.241. The third-order valence-electron chi connectivity index (χ3n) is 1.13. The highest BCUT2D eigenvalue weighted by Gasteiger charge is 1.94. The van der Waals surface area contributed by atoms with Crippen LogP contribution in [-0.2, 0) is 4.43 Å². The van der Waals surface area contributed by atoms with Gasteiger partial charge in [-0.15, -0.1) is 0 Å². The minimum absolute atomic E-state index is 0.495. The van der Waals surface area contributed by atoms with Crippen LogP contribution in [0.1, 0.15) is 13.3 Å². The summed E-state index contributed by atoms with van der Waals surface area (Å²) >= 11 is 1.88. The minimum atomic E-state index is 0.495. The van der Waals surface area contributed by atoms with Crippen LogP contribution in [0.5, 0.6) is 0 Å². The molecule has 0 aliphatic heterocycles. The zero-order valence-electron chi connectivity index (χ0n) is 5.81. The number of rotatable bonds is 4. The summed E-state index contributed by atoms with van der Waals surface area (Å²) in [4.78, 5) is 0. The van der Waals surface area contributed by atoms with Crippen molar-refractivity contribution < 1.29 is 4.43 Å². The molecule has 1 unspecified atom stereocenters. The van der Waals surface area contributed by atoms with Gasteiger partial charge in [0, 0.05) is 6.10 Å². The van der Waals surface area contributed by atoms with Crippen LogP contribution in [0.3, 0.4) is 0 Å². The molecule has 0 fully saturated rings. The predicted molar refractivity (Wildman–Crippen MR) is 43.5 cm³/mol. The Hall–Kier alpha value is 0.527. The fourth-order valence-electron chi connectivity index (χ4n) is 0.402. The van der Waals surface area contributed by atoms with E-state index in [1.807, 2.05) is 11.8 Å². The van der Waals surface area contributed by atoms with E-state index >= 15 is 0 Å². The van der Waals surface area contributed by atoms with Crippen LogP contribution in [0.2, 0.25) is 0 Å². The highest BCUT2D eigenvalue weighted by molar-refractivity contribution is 7.98. The van der Waals surface area contributed by atoms with Crippen LogP contribution in [-0.4, -0.2) is 28.6 Å². The first-order chi connectivity index (χ1) is 3.81. The molecule has 0 saturated carbocycles. The lowest BCUT2D eigenvalue weighted by Crippen LogP contribution is -2.05. The molecule has 0 aromatic rings. The molecule has 1 nitrogen and oxygen atoms in total. The standard InChI is InChI=1S/C5H14OSSi/c1-5(6-8)3-4-7-2/h5H,3-4H2,1-2,8H3. The molecule has 1 atom stereocenters. The first kappa shape index (κ1) is 8.53. The second kappa shape index (κ2) is 5.66. The molecule has 0 aliphatic rings. The smallest absolute Gasteiger partial charge is 0.146 e. The Morgan fingerprint density at radius 1 is 1.75 bits per heavy atom. The summed E-state index contributed by atoms with van der Waals surface area (Å²) in [6.45, 7) is 2.13. The Kier molecular flexibility index (Phi) is 6.03. The number of hydrogen-bond acceptors (Lipinski definition) is 2. The van der Waals surface area contributed by atoms with E-state index in [0.29, 0.717) is 6.10 Å². The molecule has 50 valence electrons. The molecule has 0 N–H and O–H groups in total. The number of thioether (sulfide) groups is 1. The Morgan fingerprint density at radius 2 is 2.38 bits per heavy atom. The zero-order valence-corrected chi connectivity index (χ0v) is 8.62. The van der Waals surface area contributed by atoms with Crippen LogP contribution in [0.15, 0.2) is 0 Å². The van der Waals surface area contributed by atoms with Gasteiger partial charge in [0.25, 0.3) is 0 Å². The second-order valence-corrected chi connectivity index (χ2v) is 3.28. The van der Waals surface area contributed by atoms with Crippen molar-refractivity contribution in [2.24, 2.45) is 0 Å². The quantitative estimate of drug-likeness (QED) is 0.537. The zero-order chi connectivity index (χ0) is 6.41. The normalized spacial score (nSPS) is 14.2. The molecule has 0 aromatic heterocycles. The second-order valence-electron chi connectivity index (χ2n) is 1.83. The van der Waals surface area contributed by atoms with Gasteiger partial charge in [-0.3, -0.25) is 0 Å². The summed E-state index contributed by atoms with van der Waals surface area (Å²) in [5.74, 6) is 1.23. The van der Waals surface area contributed by atoms with Gasteiger partial charge in [0.2, 0.25) is 0 Å². The van der Waals surface area contributed by atoms with E-state index < -0.39 is 0 Å². The van der Waals surface area contributed by atoms with Crippen molar-refractivity contribution in [3.8, 4) is 0 Å². The molecule has 8 heavy (non-hydrogen) atoms. The van der Waals surface area contributed by atoms with E-state index in [1.54, 1.807) is 0 Å². The molecule has 3 heteroatoms. The monoisotopic (exact) mass is 150 g/mol. The van der Waals surface area contributed by atoms with Crippen LogP contribution < -0.4 is 0 Å². The maximum absolute atomic E-state index is 5.18. The first-order valence-electron chi connectivity index (χ1n) is 2.83. The molecule has 0 aliphatic carbocycles. The fourth-order valence-corrected chi connectivity index (χ4v) is 1.20. The summed E-state index contributed by atoms with van der Waals surface area (Å²) in [7, 11) is 0.880. The maximum atomic E-state index is 5.18. The third-order valence-corrected chi connectivity index (χ3v) is 2.58. The van der Waals surface area contributed by atoms with E-state index in [1.165, 1.54) is 12.2 Å². The summed E-state index contributed by atoms with van der Waals surface area (Å²) in [6.07, 6.45) is 3.82. The van der Waals surface area contributed by atoms with Crippen LogP contribution in [0, 0.1) is 0 Å². The molecular weight excluding hydrogens is 136 g/mol. The van der Waals surface area contributed by atoms with Gasteiger partial charge in [-0.1, -0.05) is 0 Å². The van der Waals surface area contributed by atoms with Gasteiger partial charge < -0.3 is 4.43 Å². The highest BCUT2D eigenvalue weighted by atomic mass is 32.2. The van der Waals surface area contributed by atoms with E-state index in [0.717, 1.165) is 10.5 Å². The van der Waals surface area contributed by atoms with Crippen molar-refractivity contribution in [2.75, 3.05) is 12.0 Å². The summed E-state index contributed by atoms with van der Waals surface area (Å²) < 4.78 is 5.18. The van der Waals surface area contributed by atoms with Crippen LogP contribution in [0.4, 0.5) is 0 Å². The highest BCUT2D eigenvalue weighted by Crippen LogP contribution is 2.01. The SMILES string of the molecule is CSCCC(C)O[SiH3]. The van der Waals surface area contributed by atoms with Gasteiger partial charge in [0.15, 0.2) is 0 Å². The summed E-state index contributed by atoms with van der Waals surface area (Å²) in [5.41, 5.74) is 0. The third kappa shape index (κ3) is 4.68. The van der Waals surface area contributed by atoms with Crippen molar-refractivity contribution >= 4 is 22.2 Å². The first-order valence-corrected chi connectivity index (χ1v) is 5.04. The molecular formula is C5H14OSSi. The van der Waals surface area contributed by atoms with Crippen molar-refractivity contribution in [3.05, 3.63) is 0 Å². The van der Waals surface area contributed by atoms with Gasteiger partial charge in [0.05, 0.1) is 0 Å². The molecule has 0 rings (SSSR count). The van der Waals surface area contributed by atoms with Gasteiger partial charge >= 0.3 is 0 Å². The Labute approximate surface area is 58.7 Å². The Morgan fingerprint density at radius 3 is 2.75 bits per heavy atom. The van der Waals surface area contributed by atoms with Gasteiger partial charge in [-0.2, -0.15) is 11.8 Å². The van der Waals surface area contributed by atoms with Crippen molar-refractivity contribution in [3.63, 3.8) is 0 Å². The van der Waals surface area contributed by atoms with Gasteiger partial charge in [0.1, 0.15) is 10.5 Å². The van der Waals surface area contributed by atoms with Crippen molar-refractivity contribution in [1.82, 2.24) is 0 Å². The van der Waals surface area contributed by atoms with E-state index in [2.05, 4.69) is 13.2 Å². The van der Waals surface area contributed by atoms with E-state index in [4.69, 9.17) is 4.43 Å². The fraction of sp³-hybridized carbons (Fsp3) is 1.00. The molecule has 0 radical (unpaired) electrons. The van der Waals surface area contributed by atoms with Gasteiger partial charge in [-0.25, -0.2) is 0 Å². The summed E-state index contributed by atoms with van der Waals surface area (Å²) in [6, 6.07) is 0. The molecule has 0 amide bonds. The Bertz CT molecular complexity index is 51.7. The van der Waals surface area contributed by atoms with Gasteiger partial charge in [-0.05, 0) is 25.4 Å². The lowest BCUT2D eigenvalue weighted by atomic mass is 10.3. The lowest BCUT2D eigenvalue weighted by Gasteiger charge is -2.06. The average Bonchev–Trinajstić information content (AvgIpc) is 1.83. The molecule has 0 heterocycles.